The summed E-state index contributed by atoms with van der Waals surface area (Å²) in [5.41, 5.74) is -1.43. The molecule has 4 bridgehead atoms. The molecule has 4 fully saturated rings. The van der Waals surface area contributed by atoms with Crippen LogP contribution in [0.15, 0.2) is 0 Å². The van der Waals surface area contributed by atoms with E-state index < -0.39 is 35.0 Å². The monoisotopic (exact) mass is 352 g/mol. The van der Waals surface area contributed by atoms with Gasteiger partial charge in [-0.2, -0.15) is 0 Å². The number of urea groups is 1. The van der Waals surface area contributed by atoms with Crippen molar-refractivity contribution in [3.8, 4) is 0 Å². The molecule has 3 amide bonds. The van der Waals surface area contributed by atoms with Crippen molar-refractivity contribution < 1.29 is 24.2 Å². The van der Waals surface area contributed by atoms with Crippen LogP contribution >= 0.6 is 0 Å². The van der Waals surface area contributed by atoms with Crippen LogP contribution in [0.2, 0.25) is 0 Å². The number of carbonyl (C=O) groups is 3. The van der Waals surface area contributed by atoms with Crippen molar-refractivity contribution in [3.63, 3.8) is 0 Å². The highest BCUT2D eigenvalue weighted by Gasteiger charge is 2.61. The summed E-state index contributed by atoms with van der Waals surface area (Å²) in [5.74, 6) is -0.332. The van der Waals surface area contributed by atoms with Crippen LogP contribution in [0.4, 0.5) is 4.79 Å². The van der Waals surface area contributed by atoms with E-state index in [1.807, 2.05) is 0 Å². The van der Waals surface area contributed by atoms with Crippen LogP contribution in [0.1, 0.15) is 59.3 Å². The number of ether oxygens (including phenoxy) is 1. The molecule has 7 nitrogen and oxygen atoms in total. The number of imide groups is 1. The van der Waals surface area contributed by atoms with Crippen LogP contribution in [0.25, 0.3) is 0 Å². The molecule has 0 heterocycles. The molecule has 0 unspecified atom stereocenters. The van der Waals surface area contributed by atoms with E-state index in [0.29, 0.717) is 18.3 Å². The van der Waals surface area contributed by atoms with E-state index in [0.717, 1.165) is 32.1 Å². The molecule has 3 N–H and O–H groups in total. The van der Waals surface area contributed by atoms with E-state index >= 15 is 0 Å². The van der Waals surface area contributed by atoms with Crippen LogP contribution in [0.3, 0.4) is 0 Å². The highest BCUT2D eigenvalue weighted by molar-refractivity contribution is 5.97. The number of nitrogens with one attached hydrogen (secondary N) is 2. The van der Waals surface area contributed by atoms with Crippen LogP contribution in [-0.4, -0.2) is 40.8 Å². The lowest BCUT2D eigenvalue weighted by Gasteiger charge is -2.58. The summed E-state index contributed by atoms with van der Waals surface area (Å²) < 4.78 is 5.41. The van der Waals surface area contributed by atoms with Crippen molar-refractivity contribution in [2.45, 2.75) is 77.0 Å². The Morgan fingerprint density at radius 2 is 1.68 bits per heavy atom. The zero-order valence-electron chi connectivity index (χ0n) is 15.1. The van der Waals surface area contributed by atoms with Gasteiger partial charge in [0.15, 0.2) is 6.10 Å². The quantitative estimate of drug-likeness (QED) is 0.665. The van der Waals surface area contributed by atoms with Gasteiger partial charge in [-0.1, -0.05) is 0 Å². The Kier molecular flexibility index (Phi) is 4.56. The third-order valence-electron chi connectivity index (χ3n) is 5.77. The van der Waals surface area contributed by atoms with Gasteiger partial charge in [0.25, 0.3) is 5.91 Å². The Bertz CT molecular complexity index is 574. The average Bonchev–Trinajstić information content (AvgIpc) is 2.43. The SMILES string of the molecule is CC(C)NC(=O)NC(=O)[C@@H](C)OC(=O)C12C[C@H]3C[C@@H](CC(O)(C3)C1)C2. The average molecular weight is 352 g/mol. The van der Waals surface area contributed by atoms with E-state index in [-0.39, 0.29) is 6.04 Å². The van der Waals surface area contributed by atoms with Crippen LogP contribution < -0.4 is 10.6 Å². The Balaban J connectivity index is 1.60. The molecule has 7 heteroatoms. The first-order chi connectivity index (χ1) is 11.6. The number of rotatable bonds is 4. The molecule has 0 aliphatic heterocycles. The Morgan fingerprint density at radius 1 is 1.08 bits per heavy atom. The fourth-order valence-electron chi connectivity index (χ4n) is 5.30. The second-order valence-electron chi connectivity index (χ2n) is 8.63. The number of hydrogen-bond donors (Lipinski definition) is 3. The van der Waals surface area contributed by atoms with Gasteiger partial charge in [0, 0.05) is 6.04 Å². The van der Waals surface area contributed by atoms with Gasteiger partial charge in [-0.25, -0.2) is 4.79 Å². The molecule has 4 saturated carbocycles. The lowest BCUT2D eigenvalue weighted by atomic mass is 9.48. The molecular formula is C18H28N2O5. The maximum absolute atomic E-state index is 12.8. The van der Waals surface area contributed by atoms with E-state index in [1.54, 1.807) is 13.8 Å². The second-order valence-corrected chi connectivity index (χ2v) is 8.63. The molecule has 3 atom stereocenters. The molecule has 25 heavy (non-hydrogen) atoms. The smallest absolute Gasteiger partial charge is 0.321 e. The number of amides is 3. The van der Waals surface area contributed by atoms with Gasteiger partial charge in [-0.05, 0) is 71.1 Å². The predicted molar refractivity (Wildman–Crippen MR) is 89.4 cm³/mol. The van der Waals surface area contributed by atoms with Gasteiger partial charge in [0.2, 0.25) is 0 Å². The first-order valence-electron chi connectivity index (χ1n) is 9.16. The van der Waals surface area contributed by atoms with Crippen molar-refractivity contribution in [2.75, 3.05) is 0 Å². The van der Waals surface area contributed by atoms with Crippen molar-refractivity contribution in [2.24, 2.45) is 17.3 Å². The summed E-state index contributed by atoms with van der Waals surface area (Å²) >= 11 is 0. The number of carbonyl (C=O) groups excluding carboxylic acids is 3. The molecule has 0 saturated heterocycles. The largest absolute Gasteiger partial charge is 0.452 e. The zero-order chi connectivity index (χ0) is 18.4. The summed E-state index contributed by atoms with van der Waals surface area (Å²) in [6.07, 6.45) is 3.44. The zero-order valence-corrected chi connectivity index (χ0v) is 15.1. The first kappa shape index (κ1) is 18.2. The summed E-state index contributed by atoms with van der Waals surface area (Å²) in [6.45, 7) is 5.03. The van der Waals surface area contributed by atoms with Crippen molar-refractivity contribution in [3.05, 3.63) is 0 Å². The van der Waals surface area contributed by atoms with Crippen molar-refractivity contribution >= 4 is 17.9 Å². The summed E-state index contributed by atoms with van der Waals surface area (Å²) in [6, 6.07) is -0.703. The van der Waals surface area contributed by atoms with Gasteiger partial charge < -0.3 is 15.2 Å². The van der Waals surface area contributed by atoms with E-state index in [4.69, 9.17) is 4.74 Å². The summed E-state index contributed by atoms with van der Waals surface area (Å²) in [4.78, 5) is 36.5. The fourth-order valence-corrected chi connectivity index (χ4v) is 5.30. The van der Waals surface area contributed by atoms with Gasteiger partial charge in [-0.3, -0.25) is 14.9 Å². The molecule has 4 aliphatic carbocycles. The Labute approximate surface area is 147 Å². The molecule has 0 aromatic rings. The van der Waals surface area contributed by atoms with E-state index in [9.17, 15) is 19.5 Å². The molecule has 0 aromatic heterocycles. The summed E-state index contributed by atoms with van der Waals surface area (Å²) in [5, 5.41) is 15.5. The Hall–Kier alpha value is -1.63. The van der Waals surface area contributed by atoms with Gasteiger partial charge in [-0.15, -0.1) is 0 Å². The summed E-state index contributed by atoms with van der Waals surface area (Å²) in [7, 11) is 0. The minimum absolute atomic E-state index is 0.0987. The molecular weight excluding hydrogens is 324 g/mol. The number of esters is 1. The molecule has 4 rings (SSSR count). The second kappa shape index (κ2) is 6.27. The standard InChI is InChI=1S/C18H28N2O5/c1-10(2)19-16(23)20-14(21)11(3)25-15(22)17-5-12-4-13(6-17)8-18(24,7-12)9-17/h10-13,24H,4-9H2,1-3H3,(H2,19,20,21,23)/t11-,12-,13-,17?,18?/m1/s1. The molecule has 0 aromatic carbocycles. The third-order valence-corrected chi connectivity index (χ3v) is 5.77. The third kappa shape index (κ3) is 3.66. The van der Waals surface area contributed by atoms with Crippen molar-refractivity contribution in [1.29, 1.82) is 0 Å². The fraction of sp³-hybridized carbons (Fsp3) is 0.833. The lowest BCUT2D eigenvalue weighted by Crippen LogP contribution is -2.59. The molecule has 4 aliphatic rings. The number of hydrogen-bond acceptors (Lipinski definition) is 5. The van der Waals surface area contributed by atoms with Gasteiger partial charge >= 0.3 is 12.0 Å². The first-order valence-corrected chi connectivity index (χ1v) is 9.16. The van der Waals surface area contributed by atoms with Crippen molar-refractivity contribution in [1.82, 2.24) is 10.6 Å². The highest BCUT2D eigenvalue weighted by Crippen LogP contribution is 2.62. The van der Waals surface area contributed by atoms with Gasteiger partial charge in [0.1, 0.15) is 0 Å². The van der Waals surface area contributed by atoms with E-state index in [2.05, 4.69) is 10.6 Å². The van der Waals surface area contributed by atoms with E-state index in [1.165, 1.54) is 6.92 Å². The lowest BCUT2D eigenvalue weighted by molar-refractivity contribution is -0.199. The molecule has 0 spiro atoms. The maximum atomic E-state index is 12.8. The normalized spacial score (nSPS) is 36.8. The minimum atomic E-state index is -1.05. The van der Waals surface area contributed by atoms with Crippen LogP contribution in [-0.2, 0) is 14.3 Å². The predicted octanol–water partition coefficient (Wildman–Crippen LogP) is 1.48. The number of aliphatic hydroxyl groups is 1. The van der Waals surface area contributed by atoms with Crippen LogP contribution in [0.5, 0.6) is 0 Å². The maximum Gasteiger partial charge on any atom is 0.321 e. The van der Waals surface area contributed by atoms with Crippen LogP contribution in [0, 0.1) is 17.3 Å². The molecule has 140 valence electrons. The Morgan fingerprint density at radius 3 is 2.20 bits per heavy atom. The topological polar surface area (TPSA) is 105 Å². The van der Waals surface area contributed by atoms with Gasteiger partial charge in [0.05, 0.1) is 11.0 Å². The minimum Gasteiger partial charge on any atom is -0.452 e. The molecule has 0 radical (unpaired) electrons. The highest BCUT2D eigenvalue weighted by atomic mass is 16.5.